The number of ether oxygens (including phenoxy) is 2. The number of methoxy groups -OCH3 is 1. The third-order valence-electron chi connectivity index (χ3n) is 4.54. The quantitative estimate of drug-likeness (QED) is 0.283. The highest BCUT2D eigenvalue weighted by atomic mass is 35.5. The molecule has 0 aliphatic rings. The zero-order valence-corrected chi connectivity index (χ0v) is 19.9. The number of para-hydroxylation sites is 1. The van der Waals surface area contributed by atoms with Gasteiger partial charge in [0.05, 0.1) is 23.4 Å². The molecule has 2 aromatic carbocycles. The number of likely N-dealkylation sites (N-methyl/N-ethyl adjacent to an activating group) is 1. The summed E-state index contributed by atoms with van der Waals surface area (Å²) in [5, 5.41) is 11.9. The fourth-order valence-electron chi connectivity index (χ4n) is 2.77. The van der Waals surface area contributed by atoms with Crippen LogP contribution in [0.2, 0.25) is 5.02 Å². The van der Waals surface area contributed by atoms with Crippen molar-refractivity contribution < 1.29 is 29.0 Å². The van der Waals surface area contributed by atoms with Crippen molar-refractivity contribution in [1.29, 1.82) is 0 Å². The number of aromatic carboxylic acids is 1. The first-order chi connectivity index (χ1) is 15.6. The summed E-state index contributed by atoms with van der Waals surface area (Å²) in [5.41, 5.74) is 6.46. The van der Waals surface area contributed by atoms with Gasteiger partial charge in [-0.15, -0.1) is 0 Å². The van der Waals surface area contributed by atoms with E-state index < -0.39 is 11.9 Å². The number of benzene rings is 2. The van der Waals surface area contributed by atoms with Crippen molar-refractivity contribution >= 4 is 35.1 Å². The lowest BCUT2D eigenvalue weighted by Gasteiger charge is -2.18. The molecule has 0 saturated heterocycles. The average molecular weight is 480 g/mol. The van der Waals surface area contributed by atoms with Crippen molar-refractivity contribution in [3.63, 3.8) is 0 Å². The molecular weight excluding hydrogens is 450 g/mol. The van der Waals surface area contributed by atoms with Crippen LogP contribution in [0.25, 0.3) is 0 Å². The number of hydrogen-bond acceptors (Lipinski definition) is 7. The van der Waals surface area contributed by atoms with E-state index in [-0.39, 0.29) is 17.2 Å². The van der Waals surface area contributed by atoms with E-state index in [2.05, 4.69) is 28.8 Å². The minimum absolute atomic E-state index is 0.0160. The predicted octanol–water partition coefficient (Wildman–Crippen LogP) is 3.31. The maximum atomic E-state index is 12.1. The van der Waals surface area contributed by atoms with Crippen molar-refractivity contribution in [3.8, 4) is 11.5 Å². The number of carbonyl (C=O) groups excluding carboxylic acids is 2. The van der Waals surface area contributed by atoms with Gasteiger partial charge in [-0.05, 0) is 31.3 Å². The Balaban J connectivity index is 0.000000361. The molecule has 0 radical (unpaired) electrons. The maximum Gasteiger partial charge on any atom is 0.339 e. The number of carboxylic acid groups (broad SMARTS) is 1. The second-order valence-electron chi connectivity index (χ2n) is 6.75. The van der Waals surface area contributed by atoms with Gasteiger partial charge in [-0.25, -0.2) is 4.79 Å². The molecule has 1 amide bonds. The van der Waals surface area contributed by atoms with Crippen LogP contribution >= 0.6 is 11.6 Å². The second-order valence-corrected chi connectivity index (χ2v) is 7.16. The number of halogens is 1. The van der Waals surface area contributed by atoms with Gasteiger partial charge >= 0.3 is 11.9 Å². The standard InChI is InChI=1S/C14H22ClN3O2.C9H8O4/c1-4-18(5-2)7-6-17-14(19)10-8-11(15)12(16)9-13(10)20-3;1-6(10)13-8-5-3-2-4-7(8)9(11)12/h8-9H,4-7,16H2,1-3H3,(H,17,19);2-5H,1H3,(H,11,12). The number of amides is 1. The van der Waals surface area contributed by atoms with Gasteiger partial charge in [-0.1, -0.05) is 37.6 Å². The van der Waals surface area contributed by atoms with Crippen LogP contribution in [0.5, 0.6) is 11.5 Å². The Morgan fingerprint density at radius 3 is 2.27 bits per heavy atom. The number of nitrogens with one attached hydrogen (secondary N) is 1. The molecule has 10 heteroatoms. The number of nitrogens with two attached hydrogens (primary N) is 1. The van der Waals surface area contributed by atoms with Crippen LogP contribution in [0.15, 0.2) is 36.4 Å². The number of anilines is 1. The third-order valence-corrected chi connectivity index (χ3v) is 4.87. The number of nitrogen functional groups attached to an aromatic ring is 1. The zero-order valence-electron chi connectivity index (χ0n) is 19.2. The molecule has 0 heterocycles. The van der Waals surface area contributed by atoms with E-state index >= 15 is 0 Å². The minimum atomic E-state index is -1.11. The average Bonchev–Trinajstić information content (AvgIpc) is 2.78. The predicted molar refractivity (Wildman–Crippen MR) is 127 cm³/mol. The fourth-order valence-corrected chi connectivity index (χ4v) is 2.93. The molecule has 2 aromatic rings. The number of carboxylic acids is 1. The summed E-state index contributed by atoms with van der Waals surface area (Å²) in [4.78, 5) is 35.6. The van der Waals surface area contributed by atoms with E-state index in [1.807, 2.05) is 0 Å². The molecule has 0 bridgehead atoms. The monoisotopic (exact) mass is 479 g/mol. The number of rotatable bonds is 9. The summed E-state index contributed by atoms with van der Waals surface area (Å²) in [7, 11) is 1.50. The van der Waals surface area contributed by atoms with Gasteiger partial charge in [0, 0.05) is 26.1 Å². The van der Waals surface area contributed by atoms with E-state index in [9.17, 15) is 14.4 Å². The summed E-state index contributed by atoms with van der Waals surface area (Å²) in [5.74, 6) is -1.36. The Kier molecular flexibility index (Phi) is 11.7. The van der Waals surface area contributed by atoms with E-state index in [0.29, 0.717) is 28.6 Å². The van der Waals surface area contributed by atoms with Gasteiger partial charge in [0.15, 0.2) is 0 Å². The lowest BCUT2D eigenvalue weighted by molar-refractivity contribution is -0.131. The van der Waals surface area contributed by atoms with Gasteiger partial charge in [0.25, 0.3) is 5.91 Å². The van der Waals surface area contributed by atoms with Gasteiger partial charge in [-0.3, -0.25) is 9.59 Å². The summed E-state index contributed by atoms with van der Waals surface area (Å²) >= 11 is 5.95. The minimum Gasteiger partial charge on any atom is -0.496 e. The topological polar surface area (TPSA) is 131 Å². The summed E-state index contributed by atoms with van der Waals surface area (Å²) in [6, 6.07) is 9.07. The molecule has 0 fully saturated rings. The highest BCUT2D eigenvalue weighted by Crippen LogP contribution is 2.28. The Morgan fingerprint density at radius 2 is 1.73 bits per heavy atom. The smallest absolute Gasteiger partial charge is 0.339 e. The van der Waals surface area contributed by atoms with E-state index in [1.165, 1.54) is 32.2 Å². The van der Waals surface area contributed by atoms with Crippen molar-refractivity contribution in [3.05, 3.63) is 52.5 Å². The Labute approximate surface area is 198 Å². The van der Waals surface area contributed by atoms with Gasteiger partial charge in [0.2, 0.25) is 0 Å². The Hall–Kier alpha value is -3.30. The van der Waals surface area contributed by atoms with Crippen LogP contribution in [-0.2, 0) is 4.79 Å². The lowest BCUT2D eigenvalue weighted by Crippen LogP contribution is -2.34. The SMILES string of the molecule is CC(=O)Oc1ccccc1C(=O)O.CCN(CC)CCNC(=O)c1cc(Cl)c(N)cc1OC. The van der Waals surface area contributed by atoms with E-state index in [1.54, 1.807) is 18.2 Å². The molecule has 0 spiro atoms. The highest BCUT2D eigenvalue weighted by Gasteiger charge is 2.15. The van der Waals surface area contributed by atoms with Gasteiger partial charge < -0.3 is 30.5 Å². The Morgan fingerprint density at radius 1 is 1.09 bits per heavy atom. The van der Waals surface area contributed by atoms with E-state index in [0.717, 1.165) is 19.6 Å². The molecule has 33 heavy (non-hydrogen) atoms. The van der Waals surface area contributed by atoms with E-state index in [4.69, 9.17) is 27.2 Å². The lowest BCUT2D eigenvalue weighted by atomic mass is 10.1. The number of esters is 1. The first-order valence-electron chi connectivity index (χ1n) is 10.3. The van der Waals surface area contributed by atoms with Crippen LogP contribution in [0.1, 0.15) is 41.5 Å². The molecular formula is C23H30ClN3O6. The molecule has 0 aliphatic heterocycles. The van der Waals surface area contributed by atoms with Crippen LogP contribution < -0.4 is 20.5 Å². The largest absolute Gasteiger partial charge is 0.496 e. The molecule has 4 N–H and O–H groups in total. The maximum absolute atomic E-state index is 12.1. The highest BCUT2D eigenvalue weighted by molar-refractivity contribution is 6.33. The number of hydrogen-bond donors (Lipinski definition) is 3. The van der Waals surface area contributed by atoms with Crippen molar-refractivity contribution in [2.75, 3.05) is 39.0 Å². The van der Waals surface area contributed by atoms with Crippen molar-refractivity contribution in [2.45, 2.75) is 20.8 Å². The molecule has 180 valence electrons. The van der Waals surface area contributed by atoms with Crippen LogP contribution in [-0.4, -0.2) is 61.1 Å². The van der Waals surface area contributed by atoms with Gasteiger partial charge in [0.1, 0.15) is 17.1 Å². The molecule has 0 atom stereocenters. The fraction of sp³-hybridized carbons (Fsp3) is 0.348. The Bertz CT molecular complexity index is 963. The van der Waals surface area contributed by atoms with Crippen LogP contribution in [0.3, 0.4) is 0 Å². The molecule has 0 unspecified atom stereocenters. The second kappa shape index (κ2) is 14.0. The third kappa shape index (κ3) is 8.99. The molecule has 0 saturated carbocycles. The normalized spacial score (nSPS) is 10.1. The zero-order chi connectivity index (χ0) is 25.0. The summed E-state index contributed by atoms with van der Waals surface area (Å²) in [6.45, 7) is 8.71. The molecule has 9 nitrogen and oxygen atoms in total. The molecule has 2 rings (SSSR count). The first kappa shape index (κ1) is 27.7. The summed E-state index contributed by atoms with van der Waals surface area (Å²) in [6.07, 6.45) is 0. The summed E-state index contributed by atoms with van der Waals surface area (Å²) < 4.78 is 9.85. The van der Waals surface area contributed by atoms with Crippen molar-refractivity contribution in [2.24, 2.45) is 0 Å². The molecule has 0 aromatic heterocycles. The van der Waals surface area contributed by atoms with Gasteiger partial charge in [-0.2, -0.15) is 0 Å². The molecule has 0 aliphatic carbocycles. The van der Waals surface area contributed by atoms with Crippen LogP contribution in [0.4, 0.5) is 5.69 Å². The number of carbonyl (C=O) groups is 3. The number of nitrogens with zero attached hydrogens (tertiary/aromatic N) is 1. The van der Waals surface area contributed by atoms with Crippen LogP contribution in [0, 0.1) is 0 Å². The first-order valence-corrected chi connectivity index (χ1v) is 10.7. The van der Waals surface area contributed by atoms with Crippen molar-refractivity contribution in [1.82, 2.24) is 10.2 Å².